The molecule has 4 aromatic rings. The zero-order valence-electron chi connectivity index (χ0n) is 23.8. The molecule has 1 aliphatic carbocycles. The van der Waals surface area contributed by atoms with E-state index < -0.39 is 0 Å². The molecular weight excluding hydrogens is 526 g/mol. The van der Waals surface area contributed by atoms with Gasteiger partial charge in [-0.1, -0.05) is 30.3 Å². The first kappa shape index (κ1) is 27.8. The molecule has 0 spiro atoms. The molecule has 2 heterocycles. The molecule has 1 atom stereocenters. The number of aromatic hydroxyl groups is 1. The summed E-state index contributed by atoms with van der Waals surface area (Å²) in [6.45, 7) is 4.64. The van der Waals surface area contributed by atoms with E-state index >= 15 is 0 Å². The molecule has 1 unspecified atom stereocenters. The monoisotopic (exact) mass is 561 g/mol. The number of nitrogens with zero attached hydrogens (tertiary/aromatic N) is 3. The Morgan fingerprint density at radius 1 is 1.00 bits per heavy atom. The summed E-state index contributed by atoms with van der Waals surface area (Å²) in [5, 5.41) is 29.1. The number of ether oxygens (including phenoxy) is 2. The highest BCUT2D eigenvalue weighted by Gasteiger charge is 2.31. The number of phenolic OH excluding ortho intramolecular Hbond substituents is 1. The quantitative estimate of drug-likeness (QED) is 0.251. The first-order valence-corrected chi connectivity index (χ1v) is 14.5. The van der Waals surface area contributed by atoms with E-state index in [4.69, 9.17) is 9.47 Å². The molecular formula is C35H35N3O4. The van der Waals surface area contributed by atoms with Gasteiger partial charge in [0.1, 0.15) is 36.5 Å². The largest absolute Gasteiger partial charge is 0.508 e. The van der Waals surface area contributed by atoms with Crippen LogP contribution in [0.4, 0.5) is 0 Å². The maximum Gasteiger partial charge on any atom is 0.128 e. The molecule has 214 valence electrons. The highest BCUT2D eigenvalue weighted by molar-refractivity contribution is 5.69. The van der Waals surface area contributed by atoms with E-state index in [1.54, 1.807) is 30.6 Å². The lowest BCUT2D eigenvalue weighted by Gasteiger charge is -2.40. The average Bonchev–Trinajstić information content (AvgIpc) is 3.49. The Balaban J connectivity index is 1.30. The summed E-state index contributed by atoms with van der Waals surface area (Å²) >= 11 is 0. The second-order valence-electron chi connectivity index (χ2n) is 11.2. The van der Waals surface area contributed by atoms with E-state index in [1.807, 2.05) is 24.3 Å². The number of nitriles is 1. The van der Waals surface area contributed by atoms with Gasteiger partial charge in [0.2, 0.25) is 0 Å². The molecule has 7 heteroatoms. The Labute approximate surface area is 246 Å². The summed E-state index contributed by atoms with van der Waals surface area (Å²) in [7, 11) is 0. The van der Waals surface area contributed by atoms with Crippen LogP contribution in [-0.4, -0.2) is 39.3 Å². The topological polar surface area (TPSA) is 98.8 Å². The van der Waals surface area contributed by atoms with Gasteiger partial charge in [0.25, 0.3) is 0 Å². The van der Waals surface area contributed by atoms with Crippen molar-refractivity contribution in [3.63, 3.8) is 0 Å². The summed E-state index contributed by atoms with van der Waals surface area (Å²) in [5.41, 5.74) is 9.28. The minimum atomic E-state index is 0.160. The van der Waals surface area contributed by atoms with Crippen LogP contribution >= 0.6 is 0 Å². The van der Waals surface area contributed by atoms with Crippen LogP contribution in [0.25, 0.3) is 11.1 Å². The molecule has 0 saturated carbocycles. The molecule has 1 fully saturated rings. The fourth-order valence-electron chi connectivity index (χ4n) is 6.10. The molecule has 0 bridgehead atoms. The Morgan fingerprint density at radius 2 is 1.83 bits per heavy atom. The van der Waals surface area contributed by atoms with Crippen LogP contribution in [0.15, 0.2) is 67.0 Å². The van der Waals surface area contributed by atoms with Crippen molar-refractivity contribution in [2.75, 3.05) is 13.2 Å². The van der Waals surface area contributed by atoms with Gasteiger partial charge in [0, 0.05) is 48.7 Å². The maximum absolute atomic E-state index is 10.0. The molecule has 1 aliphatic heterocycles. The Bertz CT molecular complexity index is 1640. The number of pyridine rings is 1. The van der Waals surface area contributed by atoms with Crippen LogP contribution in [0.5, 0.6) is 17.2 Å². The van der Waals surface area contributed by atoms with Gasteiger partial charge in [-0.3, -0.25) is 9.88 Å². The molecule has 3 aromatic carbocycles. The number of likely N-dealkylation sites (tertiary alicyclic amines) is 1. The molecule has 2 aliphatic rings. The smallest absolute Gasteiger partial charge is 0.128 e. The minimum absolute atomic E-state index is 0.160. The van der Waals surface area contributed by atoms with Crippen molar-refractivity contribution in [2.24, 2.45) is 0 Å². The van der Waals surface area contributed by atoms with E-state index in [-0.39, 0.29) is 18.4 Å². The standard InChI is InChI=1S/C35H35N3O4/c1-23-27(6-3-8-30(23)26-5-2-7-29(40)14-26)22-42-34-15-35(41-21-25-13-24(16-36)17-37-18-25)33(31-9-4-10-32(31)34)19-38-12-11-28(38)20-39/h2-3,5-8,13-15,17-18,28,39-40H,4,9-12,19-22H2,1H3. The molecule has 0 amide bonds. The third-order valence-electron chi connectivity index (χ3n) is 8.58. The number of fused-ring (bicyclic) bond motifs is 1. The van der Waals surface area contributed by atoms with Crippen LogP contribution < -0.4 is 9.47 Å². The fraction of sp³-hybridized carbons (Fsp3) is 0.314. The van der Waals surface area contributed by atoms with Gasteiger partial charge in [0.15, 0.2) is 0 Å². The Hall–Kier alpha value is -4.38. The van der Waals surface area contributed by atoms with Gasteiger partial charge in [-0.05, 0) is 84.2 Å². The predicted molar refractivity (Wildman–Crippen MR) is 160 cm³/mol. The first-order chi connectivity index (χ1) is 20.5. The molecule has 0 radical (unpaired) electrons. The molecule has 2 N–H and O–H groups in total. The van der Waals surface area contributed by atoms with Crippen molar-refractivity contribution in [2.45, 2.75) is 58.4 Å². The van der Waals surface area contributed by atoms with Crippen molar-refractivity contribution >= 4 is 0 Å². The van der Waals surface area contributed by atoms with Crippen molar-refractivity contribution in [3.8, 4) is 34.4 Å². The van der Waals surface area contributed by atoms with Gasteiger partial charge in [0.05, 0.1) is 12.2 Å². The number of aliphatic hydroxyl groups excluding tert-OH is 1. The highest BCUT2D eigenvalue weighted by atomic mass is 16.5. The number of rotatable bonds is 10. The van der Waals surface area contributed by atoms with Crippen molar-refractivity contribution in [3.05, 3.63) is 106 Å². The SMILES string of the molecule is Cc1c(COc2cc(OCc3cncc(C#N)c3)c(CN3CCC3CO)c3c2CCC3)cccc1-c1cccc(O)c1. The average molecular weight is 562 g/mol. The van der Waals surface area contributed by atoms with Gasteiger partial charge < -0.3 is 19.7 Å². The second kappa shape index (κ2) is 12.2. The zero-order chi connectivity index (χ0) is 29.1. The highest BCUT2D eigenvalue weighted by Crippen LogP contribution is 2.41. The summed E-state index contributed by atoms with van der Waals surface area (Å²) in [5.74, 6) is 1.87. The second-order valence-corrected chi connectivity index (χ2v) is 11.2. The Morgan fingerprint density at radius 3 is 2.62 bits per heavy atom. The maximum atomic E-state index is 10.0. The fourth-order valence-corrected chi connectivity index (χ4v) is 6.10. The molecule has 1 saturated heterocycles. The van der Waals surface area contributed by atoms with E-state index in [0.717, 1.165) is 78.1 Å². The van der Waals surface area contributed by atoms with Gasteiger partial charge in [-0.15, -0.1) is 0 Å². The van der Waals surface area contributed by atoms with Gasteiger partial charge >= 0.3 is 0 Å². The van der Waals surface area contributed by atoms with E-state index in [0.29, 0.717) is 18.8 Å². The third-order valence-corrected chi connectivity index (χ3v) is 8.58. The van der Waals surface area contributed by atoms with Crippen LogP contribution in [-0.2, 0) is 32.6 Å². The van der Waals surface area contributed by atoms with Crippen LogP contribution in [0.2, 0.25) is 0 Å². The zero-order valence-corrected chi connectivity index (χ0v) is 23.8. The number of hydrogen-bond acceptors (Lipinski definition) is 7. The third kappa shape index (κ3) is 5.69. The summed E-state index contributed by atoms with van der Waals surface area (Å²) in [6.07, 6.45) is 7.26. The van der Waals surface area contributed by atoms with Crippen LogP contribution in [0, 0.1) is 18.3 Å². The molecule has 42 heavy (non-hydrogen) atoms. The minimum Gasteiger partial charge on any atom is -0.508 e. The number of phenols is 1. The van der Waals surface area contributed by atoms with Crippen molar-refractivity contribution in [1.29, 1.82) is 5.26 Å². The molecule has 1 aromatic heterocycles. The normalized spacial score (nSPS) is 16.0. The summed E-state index contributed by atoms with van der Waals surface area (Å²) in [4.78, 5) is 6.50. The van der Waals surface area contributed by atoms with Crippen molar-refractivity contribution < 1.29 is 19.7 Å². The number of aromatic nitrogens is 1. The predicted octanol–water partition coefficient (Wildman–Crippen LogP) is 5.85. The lowest BCUT2D eigenvalue weighted by molar-refractivity contribution is 0.0346. The number of aliphatic hydroxyl groups is 1. The van der Waals surface area contributed by atoms with E-state index in [2.05, 4.69) is 35.0 Å². The summed E-state index contributed by atoms with van der Waals surface area (Å²) in [6, 6.07) is 19.7. The van der Waals surface area contributed by atoms with Gasteiger partial charge in [-0.2, -0.15) is 5.26 Å². The number of benzene rings is 3. The lowest BCUT2D eigenvalue weighted by Crippen LogP contribution is -2.49. The summed E-state index contributed by atoms with van der Waals surface area (Å²) < 4.78 is 13.0. The van der Waals surface area contributed by atoms with Gasteiger partial charge in [-0.25, -0.2) is 0 Å². The first-order valence-electron chi connectivity index (χ1n) is 14.5. The van der Waals surface area contributed by atoms with Crippen LogP contribution in [0.1, 0.15) is 51.8 Å². The lowest BCUT2D eigenvalue weighted by atomic mass is 9.96. The van der Waals surface area contributed by atoms with E-state index in [9.17, 15) is 15.5 Å². The van der Waals surface area contributed by atoms with E-state index in [1.165, 1.54) is 16.7 Å². The molecule has 7 nitrogen and oxygen atoms in total. The number of hydrogen-bond donors (Lipinski definition) is 2. The van der Waals surface area contributed by atoms with Crippen LogP contribution in [0.3, 0.4) is 0 Å². The molecule has 6 rings (SSSR count). The van der Waals surface area contributed by atoms with Crippen molar-refractivity contribution in [1.82, 2.24) is 9.88 Å². The Kier molecular flexibility index (Phi) is 8.09.